The lowest BCUT2D eigenvalue weighted by molar-refractivity contribution is -0.119. The number of hydrogen-bond donors (Lipinski definition) is 2. The summed E-state index contributed by atoms with van der Waals surface area (Å²) in [6, 6.07) is 9.61. The van der Waals surface area contributed by atoms with Crippen LogP contribution in [0.2, 0.25) is 0 Å². The molecule has 0 unspecified atom stereocenters. The van der Waals surface area contributed by atoms with Crippen molar-refractivity contribution in [2.45, 2.75) is 13.8 Å². The molecule has 0 saturated heterocycles. The molecule has 7 heteroatoms. The van der Waals surface area contributed by atoms with Crippen molar-refractivity contribution < 1.29 is 14.3 Å². The average Bonchev–Trinajstić information content (AvgIpc) is 3.01. The Bertz CT molecular complexity index is 816. The van der Waals surface area contributed by atoms with Crippen LogP contribution in [-0.4, -0.2) is 25.5 Å². The molecule has 1 heterocycles. The van der Waals surface area contributed by atoms with Crippen LogP contribution >= 0.6 is 15.9 Å². The number of halogens is 1. The molecule has 0 spiro atoms. The first kappa shape index (κ1) is 17.3. The van der Waals surface area contributed by atoms with Crippen molar-refractivity contribution in [3.05, 3.63) is 51.5 Å². The minimum atomic E-state index is -0.226. The minimum absolute atomic E-state index is 0.144. The number of benzene rings is 2. The van der Waals surface area contributed by atoms with Gasteiger partial charge >= 0.3 is 0 Å². The molecule has 2 N–H and O–H groups in total. The molecule has 0 aromatic heterocycles. The Hall–Kier alpha value is -2.54. The van der Waals surface area contributed by atoms with Gasteiger partial charge in [0.15, 0.2) is 11.5 Å². The highest BCUT2D eigenvalue weighted by atomic mass is 79.9. The number of carbonyl (C=O) groups excluding carboxylic acids is 1. The third-order valence-electron chi connectivity index (χ3n) is 3.79. The first-order valence-corrected chi connectivity index (χ1v) is 8.55. The fraction of sp³-hybridized carbons (Fsp3) is 0.222. The number of hydrogen-bond acceptors (Lipinski definition) is 5. The maximum absolute atomic E-state index is 12.0. The summed E-state index contributed by atoms with van der Waals surface area (Å²) < 4.78 is 11.4. The topological polar surface area (TPSA) is 72.0 Å². The zero-order chi connectivity index (χ0) is 17.8. The predicted octanol–water partition coefficient (Wildman–Crippen LogP) is 3.36. The van der Waals surface area contributed by atoms with Crippen molar-refractivity contribution in [1.82, 2.24) is 5.43 Å². The minimum Gasteiger partial charge on any atom is -0.454 e. The van der Waals surface area contributed by atoms with Crippen LogP contribution in [0.4, 0.5) is 5.69 Å². The summed E-state index contributed by atoms with van der Waals surface area (Å²) in [6.45, 7) is 4.36. The summed E-state index contributed by atoms with van der Waals surface area (Å²) in [6.07, 6.45) is 1.56. The van der Waals surface area contributed by atoms with Crippen molar-refractivity contribution in [1.29, 1.82) is 0 Å². The molecule has 3 rings (SSSR count). The van der Waals surface area contributed by atoms with E-state index in [0.717, 1.165) is 26.9 Å². The van der Waals surface area contributed by atoms with E-state index in [0.29, 0.717) is 11.5 Å². The number of aryl methyl sites for hydroxylation is 2. The molecule has 0 saturated carbocycles. The molecule has 130 valence electrons. The number of ether oxygens (including phenoxy) is 2. The molecule has 0 bridgehead atoms. The number of nitrogens with one attached hydrogen (secondary N) is 2. The molecule has 0 radical (unpaired) electrons. The summed E-state index contributed by atoms with van der Waals surface area (Å²) in [7, 11) is 0. The molecule has 1 aliphatic rings. The van der Waals surface area contributed by atoms with Crippen LogP contribution in [0.5, 0.6) is 11.5 Å². The Morgan fingerprint density at radius 1 is 1.24 bits per heavy atom. The van der Waals surface area contributed by atoms with Gasteiger partial charge in [0.1, 0.15) is 0 Å². The van der Waals surface area contributed by atoms with Crippen molar-refractivity contribution in [3.63, 3.8) is 0 Å². The van der Waals surface area contributed by atoms with Crippen molar-refractivity contribution in [3.8, 4) is 11.5 Å². The number of fused-ring (bicyclic) bond motifs is 1. The molecule has 0 fully saturated rings. The van der Waals surface area contributed by atoms with E-state index < -0.39 is 0 Å². The lowest BCUT2D eigenvalue weighted by atomic mass is 10.1. The Morgan fingerprint density at radius 2 is 1.92 bits per heavy atom. The van der Waals surface area contributed by atoms with Crippen LogP contribution in [0.1, 0.15) is 16.7 Å². The summed E-state index contributed by atoms with van der Waals surface area (Å²) in [4.78, 5) is 12.0. The lowest BCUT2D eigenvalue weighted by Gasteiger charge is -2.11. The van der Waals surface area contributed by atoms with E-state index in [4.69, 9.17) is 9.47 Å². The zero-order valence-corrected chi connectivity index (χ0v) is 15.5. The number of carbonyl (C=O) groups is 1. The van der Waals surface area contributed by atoms with E-state index >= 15 is 0 Å². The van der Waals surface area contributed by atoms with Gasteiger partial charge in [-0.3, -0.25) is 4.79 Å². The fourth-order valence-corrected chi connectivity index (χ4v) is 2.93. The Kier molecular flexibility index (Phi) is 5.23. The molecule has 25 heavy (non-hydrogen) atoms. The average molecular weight is 404 g/mol. The number of hydrazone groups is 1. The number of anilines is 1. The second-order valence-electron chi connectivity index (χ2n) is 5.64. The SMILES string of the molecule is Cc1cccc(C)c1NCC(=O)N/N=C/c1cc2c(cc1Br)OCO2. The van der Waals surface area contributed by atoms with Gasteiger partial charge in [-0.2, -0.15) is 5.10 Å². The quantitative estimate of drug-likeness (QED) is 0.592. The number of nitrogens with zero attached hydrogens (tertiary/aromatic N) is 1. The highest BCUT2D eigenvalue weighted by Crippen LogP contribution is 2.36. The summed E-state index contributed by atoms with van der Waals surface area (Å²) >= 11 is 3.44. The van der Waals surface area contributed by atoms with Crippen LogP contribution in [0, 0.1) is 13.8 Å². The Morgan fingerprint density at radius 3 is 2.64 bits per heavy atom. The number of amides is 1. The Balaban J connectivity index is 1.57. The molecule has 2 aromatic rings. The van der Waals surface area contributed by atoms with Crippen LogP contribution in [0.25, 0.3) is 0 Å². The van der Waals surface area contributed by atoms with E-state index in [9.17, 15) is 4.79 Å². The van der Waals surface area contributed by atoms with E-state index in [-0.39, 0.29) is 19.2 Å². The predicted molar refractivity (Wildman–Crippen MR) is 100 cm³/mol. The largest absolute Gasteiger partial charge is 0.454 e. The maximum Gasteiger partial charge on any atom is 0.259 e. The van der Waals surface area contributed by atoms with E-state index in [1.807, 2.05) is 38.1 Å². The van der Waals surface area contributed by atoms with E-state index in [2.05, 4.69) is 31.8 Å². The van der Waals surface area contributed by atoms with Gasteiger partial charge in [-0.25, -0.2) is 5.43 Å². The summed E-state index contributed by atoms with van der Waals surface area (Å²) in [5.74, 6) is 1.12. The van der Waals surface area contributed by atoms with Crippen LogP contribution in [-0.2, 0) is 4.79 Å². The first-order chi connectivity index (χ1) is 12.0. The molecular weight excluding hydrogens is 386 g/mol. The summed E-state index contributed by atoms with van der Waals surface area (Å²) in [5, 5.41) is 7.14. The van der Waals surface area contributed by atoms with Gasteiger partial charge in [-0.15, -0.1) is 0 Å². The van der Waals surface area contributed by atoms with Crippen LogP contribution < -0.4 is 20.2 Å². The molecule has 2 aromatic carbocycles. The third kappa shape index (κ3) is 4.11. The van der Waals surface area contributed by atoms with Crippen LogP contribution in [0.3, 0.4) is 0 Å². The van der Waals surface area contributed by atoms with Gasteiger partial charge < -0.3 is 14.8 Å². The van der Waals surface area contributed by atoms with Gasteiger partial charge in [0.2, 0.25) is 6.79 Å². The highest BCUT2D eigenvalue weighted by Gasteiger charge is 2.15. The van der Waals surface area contributed by atoms with Gasteiger partial charge in [0.25, 0.3) is 5.91 Å². The Labute approximate surface area is 154 Å². The monoisotopic (exact) mass is 403 g/mol. The van der Waals surface area contributed by atoms with Crippen LogP contribution in [0.15, 0.2) is 39.9 Å². The maximum atomic E-state index is 12.0. The molecule has 0 aliphatic carbocycles. The number of rotatable bonds is 5. The third-order valence-corrected chi connectivity index (χ3v) is 4.48. The normalized spacial score (nSPS) is 12.4. The zero-order valence-electron chi connectivity index (χ0n) is 13.9. The molecule has 1 aliphatic heterocycles. The van der Waals surface area contributed by atoms with Gasteiger partial charge in [-0.05, 0) is 53.0 Å². The smallest absolute Gasteiger partial charge is 0.259 e. The van der Waals surface area contributed by atoms with Gasteiger partial charge in [-0.1, -0.05) is 18.2 Å². The molecule has 1 amide bonds. The standard InChI is InChI=1S/C18H18BrN3O3/c1-11-4-3-5-12(2)18(11)20-9-17(23)22-21-8-13-6-15-16(7-14(13)19)25-10-24-15/h3-8,20H,9-10H2,1-2H3,(H,22,23)/b21-8+. The molecule has 0 atom stereocenters. The van der Waals surface area contributed by atoms with Crippen molar-refractivity contribution >= 4 is 33.7 Å². The number of para-hydroxylation sites is 1. The first-order valence-electron chi connectivity index (χ1n) is 7.76. The molecule has 6 nitrogen and oxygen atoms in total. The van der Waals surface area contributed by atoms with Gasteiger partial charge in [0, 0.05) is 15.7 Å². The summed E-state index contributed by atoms with van der Waals surface area (Å²) in [5.41, 5.74) is 6.46. The van der Waals surface area contributed by atoms with E-state index in [1.54, 1.807) is 12.3 Å². The lowest BCUT2D eigenvalue weighted by Crippen LogP contribution is -2.26. The second-order valence-corrected chi connectivity index (χ2v) is 6.49. The highest BCUT2D eigenvalue weighted by molar-refractivity contribution is 9.10. The van der Waals surface area contributed by atoms with Crippen molar-refractivity contribution in [2.24, 2.45) is 5.10 Å². The van der Waals surface area contributed by atoms with Crippen molar-refractivity contribution in [2.75, 3.05) is 18.7 Å². The fourth-order valence-electron chi connectivity index (χ4n) is 2.51. The van der Waals surface area contributed by atoms with E-state index in [1.165, 1.54) is 0 Å². The second kappa shape index (κ2) is 7.57. The molecular formula is C18H18BrN3O3. The van der Waals surface area contributed by atoms with Gasteiger partial charge in [0.05, 0.1) is 12.8 Å².